The van der Waals surface area contributed by atoms with Gasteiger partial charge in [0, 0.05) is 17.1 Å². The smallest absolute Gasteiger partial charge is 0.255 e. The predicted octanol–water partition coefficient (Wildman–Crippen LogP) is 4.44. The van der Waals surface area contributed by atoms with Gasteiger partial charge in [0.1, 0.15) is 6.61 Å². The van der Waals surface area contributed by atoms with Crippen molar-refractivity contribution < 1.29 is 9.53 Å². The molecule has 6 heteroatoms. The van der Waals surface area contributed by atoms with Crippen LogP contribution in [-0.4, -0.2) is 31.1 Å². The number of benzene rings is 1. The van der Waals surface area contributed by atoms with Gasteiger partial charge >= 0.3 is 0 Å². The molecule has 2 N–H and O–H groups in total. The Morgan fingerprint density at radius 1 is 1.26 bits per heavy atom. The summed E-state index contributed by atoms with van der Waals surface area (Å²) in [5.41, 5.74) is 0.335. The first-order valence-corrected chi connectivity index (χ1v) is 10.5. The minimum Gasteiger partial charge on any atom is -0.479 e. The number of carbonyl (C=O) groups excluding carboxylic acids is 1. The van der Waals surface area contributed by atoms with Crippen LogP contribution in [-0.2, 0) is 0 Å². The van der Waals surface area contributed by atoms with E-state index in [1.165, 1.54) is 19.3 Å². The minimum atomic E-state index is -0.212. The van der Waals surface area contributed by atoms with Crippen LogP contribution in [0.2, 0.25) is 10.0 Å². The van der Waals surface area contributed by atoms with Crippen molar-refractivity contribution >= 4 is 29.1 Å². The van der Waals surface area contributed by atoms with Gasteiger partial charge in [-0.25, -0.2) is 0 Å². The third-order valence-electron chi connectivity index (χ3n) is 5.54. The third-order valence-corrected chi connectivity index (χ3v) is 6.04. The zero-order valence-corrected chi connectivity index (χ0v) is 16.9. The number of carbonyl (C=O) groups is 1. The lowest BCUT2D eigenvalue weighted by Crippen LogP contribution is -2.52. The minimum absolute atomic E-state index is 0.0396. The molecule has 0 bridgehead atoms. The number of ether oxygens (including phenoxy) is 1. The molecule has 1 aliphatic carbocycles. The third kappa shape index (κ3) is 5.10. The summed E-state index contributed by atoms with van der Waals surface area (Å²) >= 11 is 12.4. The fourth-order valence-corrected chi connectivity index (χ4v) is 4.82. The van der Waals surface area contributed by atoms with E-state index in [-0.39, 0.29) is 23.6 Å². The molecule has 0 radical (unpaired) electrons. The van der Waals surface area contributed by atoms with E-state index in [0.29, 0.717) is 28.3 Å². The van der Waals surface area contributed by atoms with Crippen molar-refractivity contribution in [2.75, 3.05) is 13.2 Å². The molecule has 0 spiro atoms. The monoisotopic (exact) mass is 408 g/mol. The van der Waals surface area contributed by atoms with Crippen molar-refractivity contribution in [1.29, 1.82) is 0 Å². The second-order valence-electron chi connectivity index (χ2n) is 7.36. The van der Waals surface area contributed by atoms with Crippen LogP contribution in [0, 0.1) is 18.3 Å². The summed E-state index contributed by atoms with van der Waals surface area (Å²) in [5, 5.41) is 7.51. The average Bonchev–Trinajstić information content (AvgIpc) is 3.20. The second-order valence-corrected chi connectivity index (χ2v) is 8.20. The van der Waals surface area contributed by atoms with Crippen LogP contribution in [0.25, 0.3) is 0 Å². The van der Waals surface area contributed by atoms with Crippen molar-refractivity contribution in [1.82, 2.24) is 10.6 Å². The van der Waals surface area contributed by atoms with Gasteiger partial charge in [0.25, 0.3) is 5.91 Å². The van der Waals surface area contributed by atoms with E-state index in [4.69, 9.17) is 34.4 Å². The number of amides is 1. The largest absolute Gasteiger partial charge is 0.479 e. The molecule has 2 unspecified atom stereocenters. The van der Waals surface area contributed by atoms with Crippen LogP contribution in [0.15, 0.2) is 12.1 Å². The molecule has 27 heavy (non-hydrogen) atoms. The maximum atomic E-state index is 13.2. The predicted molar refractivity (Wildman–Crippen MR) is 110 cm³/mol. The van der Waals surface area contributed by atoms with E-state index < -0.39 is 0 Å². The number of rotatable bonds is 6. The van der Waals surface area contributed by atoms with Gasteiger partial charge in [-0.1, -0.05) is 48.4 Å². The van der Waals surface area contributed by atoms with Crippen LogP contribution in [0.4, 0.5) is 0 Å². The Morgan fingerprint density at radius 3 is 2.70 bits per heavy atom. The zero-order valence-electron chi connectivity index (χ0n) is 15.4. The summed E-state index contributed by atoms with van der Waals surface area (Å²) in [7, 11) is 0. The summed E-state index contributed by atoms with van der Waals surface area (Å²) in [4.78, 5) is 13.2. The van der Waals surface area contributed by atoms with Crippen LogP contribution < -0.4 is 15.4 Å². The molecule has 2 atom stereocenters. The molecule has 1 amide bonds. The van der Waals surface area contributed by atoms with Crippen LogP contribution in [0.1, 0.15) is 55.3 Å². The van der Waals surface area contributed by atoms with Gasteiger partial charge in [-0.3, -0.25) is 4.79 Å². The Balaban J connectivity index is 1.83. The molecule has 3 rings (SSSR count). The molecule has 1 saturated heterocycles. The van der Waals surface area contributed by atoms with E-state index in [1.807, 2.05) is 0 Å². The average molecular weight is 409 g/mol. The molecule has 2 fully saturated rings. The fraction of sp³-hybridized carbons (Fsp3) is 0.571. The van der Waals surface area contributed by atoms with Gasteiger partial charge in [0.15, 0.2) is 5.75 Å². The Labute approximate surface area is 171 Å². The number of nitrogens with one attached hydrogen (secondary N) is 2. The topological polar surface area (TPSA) is 50.4 Å². The lowest BCUT2D eigenvalue weighted by Gasteiger charge is -2.35. The molecular formula is C21H26Cl2N2O2. The Hall–Kier alpha value is -1.41. The number of halogens is 2. The Bertz CT molecular complexity index is 705. The first kappa shape index (κ1) is 20.3. The highest BCUT2D eigenvalue weighted by Crippen LogP contribution is 2.34. The van der Waals surface area contributed by atoms with Crippen LogP contribution in [0.3, 0.4) is 0 Å². The molecule has 0 aromatic heterocycles. The van der Waals surface area contributed by atoms with E-state index in [1.54, 1.807) is 12.1 Å². The molecule has 1 saturated carbocycles. The summed E-state index contributed by atoms with van der Waals surface area (Å²) in [6.07, 6.45) is 13.6. The maximum Gasteiger partial charge on any atom is 0.255 e. The van der Waals surface area contributed by atoms with Crippen molar-refractivity contribution in [3.8, 4) is 18.1 Å². The van der Waals surface area contributed by atoms with E-state index in [0.717, 1.165) is 32.2 Å². The second kappa shape index (κ2) is 9.68. The first-order valence-electron chi connectivity index (χ1n) is 9.69. The number of hydrogen-bond acceptors (Lipinski definition) is 3. The normalized spacial score (nSPS) is 21.4. The number of hydrogen-bond donors (Lipinski definition) is 2. The van der Waals surface area contributed by atoms with Crippen LogP contribution >= 0.6 is 23.2 Å². The van der Waals surface area contributed by atoms with Crippen molar-refractivity contribution in [2.24, 2.45) is 5.92 Å². The Morgan fingerprint density at radius 2 is 2.04 bits per heavy atom. The molecule has 1 aliphatic heterocycles. The van der Waals surface area contributed by atoms with Gasteiger partial charge in [-0.05, 0) is 50.3 Å². The molecule has 146 valence electrons. The summed E-state index contributed by atoms with van der Waals surface area (Å²) in [5.74, 6) is 2.97. The quantitative estimate of drug-likeness (QED) is 0.684. The first-order chi connectivity index (χ1) is 13.1. The zero-order chi connectivity index (χ0) is 19.2. The molecule has 2 aliphatic rings. The van der Waals surface area contributed by atoms with Gasteiger partial charge in [-0.2, -0.15) is 0 Å². The van der Waals surface area contributed by atoms with Gasteiger partial charge in [-0.15, -0.1) is 6.42 Å². The highest BCUT2D eigenvalue weighted by atomic mass is 35.5. The van der Waals surface area contributed by atoms with Gasteiger partial charge in [0.05, 0.1) is 10.6 Å². The summed E-state index contributed by atoms with van der Waals surface area (Å²) < 4.78 is 5.54. The molecule has 1 aromatic carbocycles. The SMILES string of the molecule is C#CCOc1c(Cl)cc(Cl)cc1C(=O)NC(C1CCCCC1)C1CCCN1. The highest BCUT2D eigenvalue weighted by Gasteiger charge is 2.34. The van der Waals surface area contributed by atoms with E-state index in [9.17, 15) is 4.79 Å². The molecular weight excluding hydrogens is 383 g/mol. The molecule has 1 aromatic rings. The van der Waals surface area contributed by atoms with E-state index >= 15 is 0 Å². The van der Waals surface area contributed by atoms with Crippen LogP contribution in [0.5, 0.6) is 5.75 Å². The van der Waals surface area contributed by atoms with Crippen molar-refractivity contribution in [2.45, 2.75) is 57.0 Å². The van der Waals surface area contributed by atoms with E-state index in [2.05, 4.69) is 16.6 Å². The standard InChI is InChI=1S/C21H26Cl2N2O2/c1-2-11-27-20-16(12-15(22)13-17(20)23)21(26)25-19(18-9-6-10-24-18)14-7-4-3-5-8-14/h1,12-14,18-19,24H,3-11H2,(H,25,26). The lowest BCUT2D eigenvalue weighted by atomic mass is 9.80. The molecule has 4 nitrogen and oxygen atoms in total. The van der Waals surface area contributed by atoms with Gasteiger partial charge < -0.3 is 15.4 Å². The Kier molecular flexibility index (Phi) is 7.29. The van der Waals surface area contributed by atoms with Crippen molar-refractivity contribution in [3.05, 3.63) is 27.7 Å². The highest BCUT2D eigenvalue weighted by molar-refractivity contribution is 6.36. The van der Waals surface area contributed by atoms with Gasteiger partial charge in [0.2, 0.25) is 0 Å². The molecule has 1 heterocycles. The van der Waals surface area contributed by atoms with Crippen molar-refractivity contribution in [3.63, 3.8) is 0 Å². The number of terminal acetylenes is 1. The summed E-state index contributed by atoms with van der Waals surface area (Å²) in [6.45, 7) is 1.04. The lowest BCUT2D eigenvalue weighted by molar-refractivity contribution is 0.0893. The summed E-state index contributed by atoms with van der Waals surface area (Å²) in [6, 6.07) is 3.55. The maximum absolute atomic E-state index is 13.2. The fourth-order valence-electron chi connectivity index (χ4n) is 4.28.